The molecule has 0 aliphatic heterocycles. The molecule has 184 valence electrons. The topological polar surface area (TPSA) is 87.6 Å². The molecule has 1 heterocycles. The second kappa shape index (κ2) is 13.2. The number of ether oxygens (including phenoxy) is 3. The molecule has 3 aromatic rings. The quantitative estimate of drug-likeness (QED) is 0.173. The average molecular weight is 477 g/mol. The van der Waals surface area contributed by atoms with Gasteiger partial charge in [-0.3, -0.25) is 14.8 Å². The Labute approximate surface area is 206 Å². The van der Waals surface area contributed by atoms with Gasteiger partial charge in [0.2, 0.25) is 0 Å². The van der Waals surface area contributed by atoms with Crippen molar-refractivity contribution >= 4 is 11.9 Å². The number of hydrogen-bond acceptors (Lipinski definition) is 7. The van der Waals surface area contributed by atoms with Crippen LogP contribution in [0.1, 0.15) is 63.2 Å². The highest BCUT2D eigenvalue weighted by Crippen LogP contribution is 2.33. The molecule has 1 aromatic heterocycles. The Morgan fingerprint density at radius 1 is 0.943 bits per heavy atom. The van der Waals surface area contributed by atoms with Gasteiger partial charge in [-0.2, -0.15) is 0 Å². The lowest BCUT2D eigenvalue weighted by atomic mass is 10.1. The summed E-state index contributed by atoms with van der Waals surface area (Å²) in [6, 6.07) is 11.6. The number of rotatable bonds is 12. The van der Waals surface area contributed by atoms with Crippen molar-refractivity contribution in [1.29, 1.82) is 0 Å². The standard InChI is InChI=1S/C28H32N2O5/c1-4-6-7-8-27(31)34-22-11-9-21(10-12-22)28(32)35-26-14-13-23(33-19-20(3)5-2)17-24(26)25-18-29-15-16-30-25/h9-18,20H,4-8,19H2,1-3H3. The molecule has 0 aliphatic carbocycles. The SMILES string of the molecule is CCCCCC(=O)Oc1ccc(C(=O)Oc2ccc(OCC(C)CC)cc2-c2cnccn2)cc1. The van der Waals surface area contributed by atoms with Gasteiger partial charge in [0, 0.05) is 24.4 Å². The van der Waals surface area contributed by atoms with E-state index in [1.165, 1.54) is 0 Å². The summed E-state index contributed by atoms with van der Waals surface area (Å²) in [5.74, 6) is 1.01. The van der Waals surface area contributed by atoms with Crippen LogP contribution in [0.15, 0.2) is 61.1 Å². The maximum absolute atomic E-state index is 12.8. The molecule has 7 heteroatoms. The zero-order chi connectivity index (χ0) is 25.0. The van der Waals surface area contributed by atoms with Gasteiger partial charge < -0.3 is 14.2 Å². The van der Waals surface area contributed by atoms with Crippen LogP contribution in [-0.2, 0) is 4.79 Å². The molecule has 2 aromatic carbocycles. The number of aromatic nitrogens is 2. The average Bonchev–Trinajstić information content (AvgIpc) is 2.88. The predicted molar refractivity (Wildman–Crippen MR) is 134 cm³/mol. The maximum Gasteiger partial charge on any atom is 0.343 e. The molecule has 3 rings (SSSR count). The lowest BCUT2D eigenvalue weighted by Gasteiger charge is -2.14. The third kappa shape index (κ3) is 7.91. The summed E-state index contributed by atoms with van der Waals surface area (Å²) >= 11 is 0. The van der Waals surface area contributed by atoms with Crippen molar-refractivity contribution in [3.8, 4) is 28.5 Å². The van der Waals surface area contributed by atoms with Crippen molar-refractivity contribution in [2.45, 2.75) is 52.9 Å². The third-order valence-electron chi connectivity index (χ3n) is 5.53. The van der Waals surface area contributed by atoms with Crippen molar-refractivity contribution in [3.05, 3.63) is 66.6 Å². The van der Waals surface area contributed by atoms with Crippen molar-refractivity contribution in [2.75, 3.05) is 6.61 Å². The Kier molecular flexibility index (Phi) is 9.78. The summed E-state index contributed by atoms with van der Waals surface area (Å²) in [7, 11) is 0. The van der Waals surface area contributed by atoms with E-state index in [0.717, 1.165) is 25.7 Å². The Hall–Kier alpha value is -3.74. The summed E-state index contributed by atoms with van der Waals surface area (Å²) in [5.41, 5.74) is 1.50. The minimum Gasteiger partial charge on any atom is -0.493 e. The van der Waals surface area contributed by atoms with E-state index in [2.05, 4.69) is 30.7 Å². The van der Waals surface area contributed by atoms with Crippen molar-refractivity contribution in [2.24, 2.45) is 5.92 Å². The highest BCUT2D eigenvalue weighted by atomic mass is 16.5. The highest BCUT2D eigenvalue weighted by Gasteiger charge is 2.16. The molecule has 0 saturated heterocycles. The van der Waals surface area contributed by atoms with Gasteiger partial charge in [0.25, 0.3) is 0 Å². The summed E-state index contributed by atoms with van der Waals surface area (Å²) in [5, 5.41) is 0. The Morgan fingerprint density at radius 2 is 1.71 bits per heavy atom. The fourth-order valence-corrected chi connectivity index (χ4v) is 3.20. The number of esters is 2. The number of nitrogens with zero attached hydrogens (tertiary/aromatic N) is 2. The van der Waals surface area contributed by atoms with Crippen LogP contribution in [0.5, 0.6) is 17.2 Å². The largest absolute Gasteiger partial charge is 0.493 e. The molecule has 35 heavy (non-hydrogen) atoms. The van der Waals surface area contributed by atoms with E-state index < -0.39 is 5.97 Å². The lowest BCUT2D eigenvalue weighted by Crippen LogP contribution is -2.11. The number of benzene rings is 2. The van der Waals surface area contributed by atoms with E-state index in [4.69, 9.17) is 14.2 Å². The van der Waals surface area contributed by atoms with E-state index in [-0.39, 0.29) is 5.97 Å². The van der Waals surface area contributed by atoms with Crippen molar-refractivity contribution in [3.63, 3.8) is 0 Å². The van der Waals surface area contributed by atoms with Crippen LogP contribution in [0.3, 0.4) is 0 Å². The zero-order valence-electron chi connectivity index (χ0n) is 20.5. The number of unbranched alkanes of at least 4 members (excludes halogenated alkanes) is 2. The van der Waals surface area contributed by atoms with Crippen LogP contribution < -0.4 is 14.2 Å². The van der Waals surface area contributed by atoms with E-state index in [1.807, 2.05) is 0 Å². The fourth-order valence-electron chi connectivity index (χ4n) is 3.20. The molecule has 0 amide bonds. The molecular weight excluding hydrogens is 444 g/mol. The van der Waals surface area contributed by atoms with Gasteiger partial charge in [-0.15, -0.1) is 0 Å². The molecule has 7 nitrogen and oxygen atoms in total. The molecule has 0 aliphatic rings. The van der Waals surface area contributed by atoms with Gasteiger partial charge in [0.1, 0.15) is 17.2 Å². The van der Waals surface area contributed by atoms with Gasteiger partial charge >= 0.3 is 11.9 Å². The molecular formula is C28H32N2O5. The minimum atomic E-state index is -0.538. The third-order valence-corrected chi connectivity index (χ3v) is 5.53. The molecule has 1 unspecified atom stereocenters. The first-order valence-corrected chi connectivity index (χ1v) is 12.1. The molecule has 1 atom stereocenters. The van der Waals surface area contributed by atoms with E-state index in [1.54, 1.807) is 61.1 Å². The summed E-state index contributed by atoms with van der Waals surface area (Å²) in [6.07, 6.45) is 8.98. The predicted octanol–water partition coefficient (Wildman–Crippen LogP) is 6.27. The molecule has 0 bridgehead atoms. The first kappa shape index (κ1) is 25.9. The van der Waals surface area contributed by atoms with Crippen molar-refractivity contribution < 1.29 is 23.8 Å². The van der Waals surface area contributed by atoms with Gasteiger partial charge in [0.15, 0.2) is 0 Å². The van der Waals surface area contributed by atoms with E-state index >= 15 is 0 Å². The normalized spacial score (nSPS) is 11.5. The molecule has 0 fully saturated rings. The molecule has 0 N–H and O–H groups in total. The Balaban J connectivity index is 1.72. The smallest absolute Gasteiger partial charge is 0.343 e. The van der Waals surface area contributed by atoms with E-state index in [9.17, 15) is 9.59 Å². The summed E-state index contributed by atoms with van der Waals surface area (Å²) in [4.78, 5) is 33.2. The summed E-state index contributed by atoms with van der Waals surface area (Å²) < 4.78 is 16.9. The van der Waals surface area contributed by atoms with Crippen LogP contribution in [0, 0.1) is 5.92 Å². The van der Waals surface area contributed by atoms with Crippen LogP contribution >= 0.6 is 0 Å². The lowest BCUT2D eigenvalue weighted by molar-refractivity contribution is -0.134. The second-order valence-electron chi connectivity index (χ2n) is 8.42. The maximum atomic E-state index is 12.8. The first-order chi connectivity index (χ1) is 17.0. The number of carbonyl (C=O) groups is 2. The Morgan fingerprint density at radius 3 is 2.40 bits per heavy atom. The van der Waals surface area contributed by atoms with Gasteiger partial charge in [0.05, 0.1) is 24.1 Å². The van der Waals surface area contributed by atoms with Crippen molar-refractivity contribution in [1.82, 2.24) is 9.97 Å². The monoisotopic (exact) mass is 476 g/mol. The summed E-state index contributed by atoms with van der Waals surface area (Å²) in [6.45, 7) is 6.91. The van der Waals surface area contributed by atoms with Crippen LogP contribution in [-0.4, -0.2) is 28.5 Å². The number of carbonyl (C=O) groups excluding carboxylic acids is 2. The van der Waals surface area contributed by atoms with Crippen LogP contribution in [0.4, 0.5) is 0 Å². The van der Waals surface area contributed by atoms with Gasteiger partial charge in [-0.25, -0.2) is 4.79 Å². The minimum absolute atomic E-state index is 0.280. The van der Waals surface area contributed by atoms with Crippen LogP contribution in [0.25, 0.3) is 11.3 Å². The molecule has 0 saturated carbocycles. The highest BCUT2D eigenvalue weighted by molar-refractivity contribution is 5.92. The van der Waals surface area contributed by atoms with Crippen LogP contribution in [0.2, 0.25) is 0 Å². The number of hydrogen-bond donors (Lipinski definition) is 0. The Bertz CT molecular complexity index is 1100. The van der Waals surface area contributed by atoms with Gasteiger partial charge in [-0.1, -0.05) is 40.0 Å². The first-order valence-electron chi connectivity index (χ1n) is 12.1. The zero-order valence-corrected chi connectivity index (χ0v) is 20.5. The second-order valence-corrected chi connectivity index (χ2v) is 8.42. The van der Waals surface area contributed by atoms with E-state index in [0.29, 0.717) is 53.0 Å². The molecule has 0 spiro atoms. The molecule has 0 radical (unpaired) electrons. The van der Waals surface area contributed by atoms with Gasteiger partial charge in [-0.05, 0) is 54.8 Å². The fraction of sp³-hybridized carbons (Fsp3) is 0.357.